The maximum Gasteiger partial charge on any atom is 0.344 e. The first-order valence-corrected chi connectivity index (χ1v) is 10.3. The van der Waals surface area contributed by atoms with E-state index in [1.165, 1.54) is 11.8 Å². The van der Waals surface area contributed by atoms with Crippen LogP contribution in [0.25, 0.3) is 6.08 Å². The van der Waals surface area contributed by atoms with Crippen molar-refractivity contribution in [2.24, 2.45) is 0 Å². The van der Waals surface area contributed by atoms with Gasteiger partial charge < -0.3 is 9.47 Å². The molecule has 0 atom stereocenters. The van der Waals surface area contributed by atoms with Gasteiger partial charge in [-0.3, -0.25) is 4.79 Å². The first-order valence-electron chi connectivity index (χ1n) is 8.08. The predicted octanol–water partition coefficient (Wildman–Crippen LogP) is 4.30. The zero-order valence-corrected chi connectivity index (χ0v) is 15.9. The zero-order valence-electron chi connectivity index (χ0n) is 14.3. The average Bonchev–Trinajstić information content (AvgIpc) is 2.97. The minimum absolute atomic E-state index is 0.0546. The molecule has 0 unspecified atom stereocenters. The lowest BCUT2D eigenvalue weighted by molar-refractivity contribution is -0.145. The van der Waals surface area contributed by atoms with Gasteiger partial charge in [-0.15, -0.1) is 0 Å². The van der Waals surface area contributed by atoms with E-state index in [4.69, 9.17) is 9.47 Å². The molecule has 0 fully saturated rings. The first kappa shape index (κ1) is 18.6. The highest BCUT2D eigenvalue weighted by molar-refractivity contribution is 8.04. The molecule has 0 aromatic heterocycles. The Morgan fingerprint density at radius 1 is 1.15 bits per heavy atom. The molecule has 26 heavy (non-hydrogen) atoms. The number of ether oxygens (including phenoxy) is 2. The van der Waals surface area contributed by atoms with Crippen molar-refractivity contribution in [3.63, 3.8) is 0 Å². The van der Waals surface area contributed by atoms with Gasteiger partial charge in [0.15, 0.2) is 6.61 Å². The van der Waals surface area contributed by atoms with Gasteiger partial charge in [0.25, 0.3) is 0 Å². The molecule has 0 N–H and O–H groups in total. The van der Waals surface area contributed by atoms with Crippen LogP contribution in [0, 0.1) is 0 Å². The minimum atomic E-state index is -0.379. The van der Waals surface area contributed by atoms with Gasteiger partial charge in [0.1, 0.15) is 12.4 Å². The quantitative estimate of drug-likeness (QED) is 0.402. The molecule has 0 saturated carbocycles. The topological polar surface area (TPSA) is 52.6 Å². The van der Waals surface area contributed by atoms with Crippen LogP contribution >= 0.6 is 23.5 Å². The van der Waals surface area contributed by atoms with Crippen LogP contribution in [-0.2, 0) is 9.53 Å². The van der Waals surface area contributed by atoms with Crippen LogP contribution in [-0.4, -0.2) is 37.0 Å². The Hall–Kier alpha value is -2.18. The van der Waals surface area contributed by atoms with Gasteiger partial charge in [0, 0.05) is 16.2 Å². The average molecular weight is 386 g/mol. The molecule has 134 valence electrons. The Morgan fingerprint density at radius 2 is 1.92 bits per heavy atom. The number of allylic oxidation sites excluding steroid dienone is 1. The Bertz CT molecular complexity index is 828. The van der Waals surface area contributed by atoms with Crippen molar-refractivity contribution in [1.29, 1.82) is 0 Å². The molecule has 1 aliphatic rings. The van der Waals surface area contributed by atoms with E-state index < -0.39 is 0 Å². The van der Waals surface area contributed by atoms with Gasteiger partial charge >= 0.3 is 5.97 Å². The smallest absolute Gasteiger partial charge is 0.344 e. The fraction of sp³-hybridized carbons (Fsp3) is 0.200. The summed E-state index contributed by atoms with van der Waals surface area (Å²) in [6.45, 7) is 0.280. The van der Waals surface area contributed by atoms with Crippen LogP contribution in [0.5, 0.6) is 5.75 Å². The second-order valence-electron chi connectivity index (χ2n) is 5.51. The Balaban J connectivity index is 1.57. The lowest BCUT2D eigenvalue weighted by Gasteiger charge is -2.07. The van der Waals surface area contributed by atoms with Gasteiger partial charge in [0.05, 0.1) is 4.91 Å². The maximum absolute atomic E-state index is 12.4. The first-order chi connectivity index (χ1) is 12.7. The Morgan fingerprint density at radius 3 is 2.65 bits per heavy atom. The molecule has 1 aliphatic heterocycles. The molecule has 2 aromatic carbocycles. The van der Waals surface area contributed by atoms with E-state index in [1.54, 1.807) is 23.9 Å². The largest absolute Gasteiger partial charge is 0.482 e. The van der Waals surface area contributed by atoms with Crippen molar-refractivity contribution in [1.82, 2.24) is 0 Å². The van der Waals surface area contributed by atoms with Gasteiger partial charge in [-0.2, -0.15) is 11.8 Å². The standard InChI is InChI=1S/C20H18O4S2/c1-25-11-10-23-19(21)13-24-15-8-6-14(7-9-15)12-18-20(22)16-4-2-3-5-17(16)26-18/h2-9,12H,10-11,13H2,1H3. The summed E-state index contributed by atoms with van der Waals surface area (Å²) in [7, 11) is 0. The summed E-state index contributed by atoms with van der Waals surface area (Å²) in [5.41, 5.74) is 1.66. The number of hydrogen-bond acceptors (Lipinski definition) is 6. The lowest BCUT2D eigenvalue weighted by atomic mass is 10.1. The molecule has 0 radical (unpaired) electrons. The molecule has 2 aromatic rings. The number of rotatable bonds is 7. The molecule has 0 saturated heterocycles. The fourth-order valence-electron chi connectivity index (χ4n) is 2.37. The van der Waals surface area contributed by atoms with E-state index >= 15 is 0 Å². The third-order valence-corrected chi connectivity index (χ3v) is 5.33. The van der Waals surface area contributed by atoms with Crippen LogP contribution in [0.2, 0.25) is 0 Å². The van der Waals surface area contributed by atoms with Gasteiger partial charge in [-0.1, -0.05) is 36.0 Å². The number of carbonyl (C=O) groups excluding carboxylic acids is 2. The van der Waals surface area contributed by atoms with Gasteiger partial charge in [-0.25, -0.2) is 4.79 Å². The summed E-state index contributed by atoms with van der Waals surface area (Å²) in [6, 6.07) is 14.9. The van der Waals surface area contributed by atoms with Gasteiger partial charge in [0.2, 0.25) is 5.78 Å². The highest BCUT2D eigenvalue weighted by Gasteiger charge is 2.24. The summed E-state index contributed by atoms with van der Waals surface area (Å²) < 4.78 is 10.4. The van der Waals surface area contributed by atoms with Crippen molar-refractivity contribution in [2.45, 2.75) is 4.90 Å². The van der Waals surface area contributed by atoms with Crippen LogP contribution < -0.4 is 4.74 Å². The molecule has 0 spiro atoms. The van der Waals surface area contributed by atoms with Crippen molar-refractivity contribution < 1.29 is 19.1 Å². The number of hydrogen-bond donors (Lipinski definition) is 0. The van der Waals surface area contributed by atoms with Gasteiger partial charge in [-0.05, 0) is 42.2 Å². The summed E-state index contributed by atoms with van der Waals surface area (Å²) >= 11 is 3.10. The number of ketones is 1. The lowest BCUT2D eigenvalue weighted by Crippen LogP contribution is -2.16. The second-order valence-corrected chi connectivity index (χ2v) is 7.58. The number of esters is 1. The second kappa shape index (κ2) is 8.96. The number of fused-ring (bicyclic) bond motifs is 1. The SMILES string of the molecule is CSCCOC(=O)COc1ccc(C=C2Sc3ccccc3C2=O)cc1. The summed E-state index contributed by atoms with van der Waals surface area (Å²) in [5.74, 6) is 1.04. The van der Waals surface area contributed by atoms with Crippen LogP contribution in [0.15, 0.2) is 58.3 Å². The molecule has 1 heterocycles. The number of benzene rings is 2. The monoisotopic (exact) mass is 386 g/mol. The predicted molar refractivity (Wildman–Crippen MR) is 106 cm³/mol. The third-order valence-electron chi connectivity index (χ3n) is 3.66. The molecule has 3 rings (SSSR count). The number of carbonyl (C=O) groups is 2. The van der Waals surface area contributed by atoms with Crippen molar-refractivity contribution >= 4 is 41.4 Å². The van der Waals surface area contributed by atoms with Crippen LogP contribution in [0.4, 0.5) is 0 Å². The van der Waals surface area contributed by atoms with E-state index in [2.05, 4.69) is 0 Å². The molecular formula is C20H18O4S2. The van der Waals surface area contributed by atoms with E-state index in [0.717, 1.165) is 21.8 Å². The Kier molecular flexibility index (Phi) is 6.41. The fourth-order valence-corrected chi connectivity index (χ4v) is 3.67. The van der Waals surface area contributed by atoms with Crippen LogP contribution in [0.3, 0.4) is 0 Å². The third kappa shape index (κ3) is 4.71. The molecule has 0 aliphatic carbocycles. The van der Waals surface area contributed by atoms with Crippen LogP contribution in [0.1, 0.15) is 15.9 Å². The molecule has 6 heteroatoms. The van der Waals surface area contributed by atoms with E-state index in [-0.39, 0.29) is 18.4 Å². The van der Waals surface area contributed by atoms with Crippen molar-refractivity contribution in [2.75, 3.05) is 25.2 Å². The highest BCUT2D eigenvalue weighted by atomic mass is 32.2. The molecule has 0 bridgehead atoms. The normalized spacial score (nSPS) is 14.3. The van der Waals surface area contributed by atoms with E-state index in [0.29, 0.717) is 17.3 Å². The summed E-state index contributed by atoms with van der Waals surface area (Å²) in [4.78, 5) is 25.6. The number of thioether (sulfide) groups is 2. The number of Topliss-reactive ketones (excluding diaryl/α,β-unsaturated/α-hetero) is 1. The molecular weight excluding hydrogens is 368 g/mol. The van der Waals surface area contributed by atoms with Crippen molar-refractivity contribution in [3.05, 3.63) is 64.6 Å². The zero-order chi connectivity index (χ0) is 18.4. The molecule has 0 amide bonds. The van der Waals surface area contributed by atoms with E-state index in [9.17, 15) is 9.59 Å². The Labute approximate surface area is 161 Å². The molecule has 4 nitrogen and oxygen atoms in total. The maximum atomic E-state index is 12.4. The summed E-state index contributed by atoms with van der Waals surface area (Å²) in [6.07, 6.45) is 3.82. The minimum Gasteiger partial charge on any atom is -0.482 e. The van der Waals surface area contributed by atoms with E-state index in [1.807, 2.05) is 48.7 Å². The highest BCUT2D eigenvalue weighted by Crippen LogP contribution is 2.40. The summed E-state index contributed by atoms with van der Waals surface area (Å²) in [5, 5.41) is 0. The van der Waals surface area contributed by atoms with Crippen molar-refractivity contribution in [3.8, 4) is 5.75 Å².